The Morgan fingerprint density at radius 3 is 2.83 bits per heavy atom. The van der Waals surface area contributed by atoms with E-state index in [9.17, 15) is 0 Å². The highest BCUT2D eigenvalue weighted by Crippen LogP contribution is 2.32. The molecular formula is C10H12BrN. The Labute approximate surface area is 81.1 Å². The largest absolute Gasteiger partial charge is 0.325 e. The molecule has 0 amide bonds. The van der Waals surface area contributed by atoms with Crippen molar-refractivity contribution in [3.05, 3.63) is 33.8 Å². The molecule has 0 aromatic heterocycles. The van der Waals surface area contributed by atoms with Gasteiger partial charge in [-0.2, -0.15) is 0 Å². The van der Waals surface area contributed by atoms with E-state index < -0.39 is 0 Å². The molecule has 0 aliphatic heterocycles. The van der Waals surface area contributed by atoms with Gasteiger partial charge in [0.1, 0.15) is 0 Å². The predicted octanol–water partition coefficient (Wildman–Crippen LogP) is 2.27. The lowest BCUT2D eigenvalue weighted by molar-refractivity contribution is 0.498. The van der Waals surface area contributed by atoms with Crippen molar-refractivity contribution in [2.45, 2.75) is 25.3 Å². The van der Waals surface area contributed by atoms with Crippen LogP contribution in [0, 0.1) is 0 Å². The molecular weight excluding hydrogens is 214 g/mol. The fraction of sp³-hybridized carbons (Fsp3) is 0.400. The van der Waals surface area contributed by atoms with Crippen LogP contribution in [0.15, 0.2) is 22.7 Å². The highest BCUT2D eigenvalue weighted by atomic mass is 79.9. The third-order valence-electron chi connectivity index (χ3n) is 2.39. The van der Waals surface area contributed by atoms with Crippen LogP contribution >= 0.6 is 15.9 Å². The summed E-state index contributed by atoms with van der Waals surface area (Å²) in [5.41, 5.74) is 8.83. The normalized spacial score (nSPS) is 27.2. The molecule has 1 aliphatic rings. The average molecular weight is 226 g/mol. The van der Waals surface area contributed by atoms with Gasteiger partial charge >= 0.3 is 0 Å². The highest BCUT2D eigenvalue weighted by molar-refractivity contribution is 9.10. The van der Waals surface area contributed by atoms with Gasteiger partial charge in [-0.05, 0) is 37.0 Å². The van der Waals surface area contributed by atoms with E-state index in [0.717, 1.165) is 12.8 Å². The molecule has 2 N–H and O–H groups in total. The molecule has 0 heterocycles. The fourth-order valence-electron chi connectivity index (χ4n) is 1.87. The van der Waals surface area contributed by atoms with Crippen LogP contribution in [0.2, 0.25) is 0 Å². The molecule has 1 unspecified atom stereocenters. The Morgan fingerprint density at radius 1 is 1.42 bits per heavy atom. The molecule has 1 aromatic rings. The number of fused-ring (bicyclic) bond motifs is 1. The van der Waals surface area contributed by atoms with Crippen LogP contribution in [0.4, 0.5) is 0 Å². The Kier molecular flexibility index (Phi) is 1.77. The maximum absolute atomic E-state index is 6.08. The van der Waals surface area contributed by atoms with E-state index >= 15 is 0 Å². The topological polar surface area (TPSA) is 26.0 Å². The van der Waals surface area contributed by atoms with Crippen LogP contribution in [0.1, 0.15) is 18.1 Å². The minimum atomic E-state index is -0.0355. The number of hydrogen-bond donors (Lipinski definition) is 1. The summed E-state index contributed by atoms with van der Waals surface area (Å²) >= 11 is 3.54. The van der Waals surface area contributed by atoms with Gasteiger partial charge in [0.05, 0.1) is 0 Å². The summed E-state index contributed by atoms with van der Waals surface area (Å²) in [5.74, 6) is 0. The monoisotopic (exact) mass is 225 g/mol. The van der Waals surface area contributed by atoms with E-state index in [1.807, 2.05) is 0 Å². The minimum absolute atomic E-state index is 0.0355. The molecule has 0 spiro atoms. The van der Waals surface area contributed by atoms with E-state index in [1.54, 1.807) is 0 Å². The molecule has 1 aliphatic carbocycles. The van der Waals surface area contributed by atoms with Crippen LogP contribution in [0.3, 0.4) is 0 Å². The van der Waals surface area contributed by atoms with E-state index in [4.69, 9.17) is 5.73 Å². The lowest BCUT2D eigenvalue weighted by Crippen LogP contribution is -2.36. The molecule has 64 valence electrons. The highest BCUT2D eigenvalue weighted by Gasteiger charge is 2.29. The maximum Gasteiger partial charge on any atom is 0.0210 e. The van der Waals surface area contributed by atoms with Gasteiger partial charge in [0.2, 0.25) is 0 Å². The Hall–Kier alpha value is -0.340. The van der Waals surface area contributed by atoms with E-state index in [0.29, 0.717) is 0 Å². The molecule has 2 heteroatoms. The van der Waals surface area contributed by atoms with Crippen molar-refractivity contribution in [2.75, 3.05) is 0 Å². The first-order chi connectivity index (χ1) is 5.58. The third-order valence-corrected chi connectivity index (χ3v) is 3.13. The Balaban J connectivity index is 2.48. The molecule has 0 saturated carbocycles. The summed E-state index contributed by atoms with van der Waals surface area (Å²) in [7, 11) is 0. The van der Waals surface area contributed by atoms with Crippen molar-refractivity contribution >= 4 is 15.9 Å². The summed E-state index contributed by atoms with van der Waals surface area (Å²) in [6, 6.07) is 6.32. The van der Waals surface area contributed by atoms with Crippen LogP contribution in [0.25, 0.3) is 0 Å². The summed E-state index contributed by atoms with van der Waals surface area (Å²) in [5, 5.41) is 0. The zero-order valence-corrected chi connectivity index (χ0v) is 8.69. The molecule has 1 nitrogen and oxygen atoms in total. The van der Waals surface area contributed by atoms with Crippen molar-refractivity contribution < 1.29 is 0 Å². The van der Waals surface area contributed by atoms with Crippen molar-refractivity contribution in [3.8, 4) is 0 Å². The standard InChI is InChI=1S/C10H12BrN/c1-10(12)5-7-3-2-4-9(11)8(7)6-10/h2-4H,5-6,12H2,1H3. The molecule has 0 fully saturated rings. The van der Waals surface area contributed by atoms with Crippen molar-refractivity contribution in [3.63, 3.8) is 0 Å². The molecule has 0 radical (unpaired) electrons. The first kappa shape index (κ1) is 8.27. The Morgan fingerprint density at radius 2 is 2.17 bits per heavy atom. The summed E-state index contributed by atoms with van der Waals surface area (Å²) < 4.78 is 1.20. The first-order valence-electron chi connectivity index (χ1n) is 4.14. The van der Waals surface area contributed by atoms with Gasteiger partial charge in [-0.15, -0.1) is 0 Å². The molecule has 2 rings (SSSR count). The van der Waals surface area contributed by atoms with Gasteiger partial charge < -0.3 is 5.73 Å². The summed E-state index contributed by atoms with van der Waals surface area (Å²) in [6.45, 7) is 2.11. The van der Waals surface area contributed by atoms with E-state index in [-0.39, 0.29) is 5.54 Å². The zero-order valence-electron chi connectivity index (χ0n) is 7.10. The number of benzene rings is 1. The third kappa shape index (κ3) is 1.29. The molecule has 1 atom stereocenters. The number of halogens is 1. The fourth-order valence-corrected chi connectivity index (χ4v) is 2.42. The average Bonchev–Trinajstić information content (AvgIpc) is 2.25. The SMILES string of the molecule is CC1(N)Cc2cccc(Br)c2C1. The van der Waals surface area contributed by atoms with Gasteiger partial charge in [0, 0.05) is 10.0 Å². The van der Waals surface area contributed by atoms with Gasteiger partial charge in [-0.1, -0.05) is 28.1 Å². The molecule has 0 saturated heterocycles. The van der Waals surface area contributed by atoms with Gasteiger partial charge in [-0.3, -0.25) is 0 Å². The van der Waals surface area contributed by atoms with Crippen LogP contribution in [0.5, 0.6) is 0 Å². The number of hydrogen-bond acceptors (Lipinski definition) is 1. The van der Waals surface area contributed by atoms with E-state index in [1.165, 1.54) is 15.6 Å². The minimum Gasteiger partial charge on any atom is -0.325 e. The number of nitrogens with two attached hydrogens (primary N) is 1. The van der Waals surface area contributed by atoms with E-state index in [2.05, 4.69) is 41.1 Å². The van der Waals surface area contributed by atoms with Crippen LogP contribution in [-0.4, -0.2) is 5.54 Å². The van der Waals surface area contributed by atoms with Gasteiger partial charge in [-0.25, -0.2) is 0 Å². The van der Waals surface area contributed by atoms with Crippen molar-refractivity contribution in [1.29, 1.82) is 0 Å². The lowest BCUT2D eigenvalue weighted by Gasteiger charge is -2.15. The second-order valence-corrected chi connectivity index (χ2v) is 4.74. The second-order valence-electron chi connectivity index (χ2n) is 3.89. The molecule has 12 heavy (non-hydrogen) atoms. The van der Waals surface area contributed by atoms with Crippen molar-refractivity contribution in [2.24, 2.45) is 5.73 Å². The molecule has 1 aromatic carbocycles. The first-order valence-corrected chi connectivity index (χ1v) is 4.93. The van der Waals surface area contributed by atoms with Crippen molar-refractivity contribution in [1.82, 2.24) is 0 Å². The predicted molar refractivity (Wildman–Crippen MR) is 54.1 cm³/mol. The quantitative estimate of drug-likeness (QED) is 0.721. The maximum atomic E-state index is 6.08. The van der Waals surface area contributed by atoms with Crippen LogP contribution < -0.4 is 5.73 Å². The van der Waals surface area contributed by atoms with Gasteiger partial charge in [0.15, 0.2) is 0 Å². The summed E-state index contributed by atoms with van der Waals surface area (Å²) in [6.07, 6.45) is 1.99. The zero-order chi connectivity index (χ0) is 8.77. The van der Waals surface area contributed by atoms with Gasteiger partial charge in [0.25, 0.3) is 0 Å². The molecule has 0 bridgehead atoms. The summed E-state index contributed by atoms with van der Waals surface area (Å²) in [4.78, 5) is 0. The Bertz CT molecular complexity index is 318. The second kappa shape index (κ2) is 2.57. The smallest absolute Gasteiger partial charge is 0.0210 e. The van der Waals surface area contributed by atoms with Crippen LogP contribution in [-0.2, 0) is 12.8 Å². The lowest BCUT2D eigenvalue weighted by atomic mass is 10.0. The number of rotatable bonds is 0.